The molecule has 0 amide bonds. The van der Waals surface area contributed by atoms with Crippen LogP contribution in [0.3, 0.4) is 0 Å². The molecule has 0 heterocycles. The highest BCUT2D eigenvalue weighted by Crippen LogP contribution is 2.31. The van der Waals surface area contributed by atoms with E-state index in [1.54, 1.807) is 0 Å². The molecule has 0 saturated heterocycles. The zero-order valence-electron chi connectivity index (χ0n) is 11.7. The summed E-state index contributed by atoms with van der Waals surface area (Å²) in [7, 11) is -1.13. The van der Waals surface area contributed by atoms with Crippen molar-refractivity contribution in [2.45, 2.75) is 58.6 Å². The first-order valence-electron chi connectivity index (χ1n) is 6.36. The van der Waals surface area contributed by atoms with Gasteiger partial charge in [-0.05, 0) is 58.8 Å². The molecule has 1 saturated carbocycles. The lowest BCUT2D eigenvalue weighted by Gasteiger charge is -2.29. The van der Waals surface area contributed by atoms with Crippen LogP contribution in [0.15, 0.2) is 16.5 Å². The summed E-state index contributed by atoms with van der Waals surface area (Å²) in [5.41, 5.74) is 2.35. The lowest BCUT2D eigenvalue weighted by molar-refractivity contribution is 0.465. The monoisotopic (exact) mass is 255 g/mol. The number of hydrogen-bond acceptors (Lipinski definition) is 1. The predicted octanol–water partition coefficient (Wildman–Crippen LogP) is 3.90. The lowest BCUT2D eigenvalue weighted by atomic mass is 9.79. The molecular weight excluding hydrogens is 230 g/mol. The minimum atomic E-state index is -1.13. The van der Waals surface area contributed by atoms with Crippen molar-refractivity contribution >= 4 is 16.7 Å². The van der Waals surface area contributed by atoms with Crippen molar-refractivity contribution in [3.63, 3.8) is 0 Å². The van der Waals surface area contributed by atoms with Crippen molar-refractivity contribution in [1.29, 1.82) is 0 Å². The number of hydrogen-bond donors (Lipinski definition) is 0. The Morgan fingerprint density at radius 1 is 1.41 bits per heavy atom. The summed E-state index contributed by atoms with van der Waals surface area (Å²) in [4.78, 5) is 0. The third-order valence-electron chi connectivity index (χ3n) is 3.39. The van der Waals surface area contributed by atoms with E-state index in [0.717, 1.165) is 18.6 Å². The summed E-state index contributed by atoms with van der Waals surface area (Å²) in [6.07, 6.45) is 3.27. The van der Waals surface area contributed by atoms with E-state index >= 15 is 0 Å². The van der Waals surface area contributed by atoms with Gasteiger partial charge in [0.2, 0.25) is 0 Å². The number of nitrogens with zero attached hydrogens (tertiary/aromatic N) is 1. The average molecular weight is 255 g/mol. The first-order chi connectivity index (χ1) is 7.71. The minimum absolute atomic E-state index is 0.261. The first-order valence-corrected chi connectivity index (χ1v) is 7.47. The zero-order chi connectivity index (χ0) is 13.2. The Kier molecular flexibility index (Phi) is 4.70. The van der Waals surface area contributed by atoms with Crippen LogP contribution in [0, 0.1) is 11.8 Å². The van der Waals surface area contributed by atoms with E-state index in [1.165, 1.54) is 12.0 Å². The van der Waals surface area contributed by atoms with Gasteiger partial charge in [0.05, 0.1) is 4.75 Å². The van der Waals surface area contributed by atoms with Crippen LogP contribution in [0.2, 0.25) is 0 Å². The molecule has 1 aliphatic carbocycles. The largest absolute Gasteiger partial charge is 0.234 e. The molecule has 1 unspecified atom stereocenters. The quantitative estimate of drug-likeness (QED) is 0.688. The molecule has 1 aliphatic rings. The van der Waals surface area contributed by atoms with Gasteiger partial charge in [-0.1, -0.05) is 19.1 Å². The lowest BCUT2D eigenvalue weighted by Crippen LogP contribution is -2.27. The smallest absolute Gasteiger partial charge is 0.144 e. The minimum Gasteiger partial charge on any atom is -0.234 e. The number of allylic oxidation sites excluding steroid dienone is 1. The van der Waals surface area contributed by atoms with E-state index < -0.39 is 11.0 Å². The van der Waals surface area contributed by atoms with E-state index in [4.69, 9.17) is 0 Å². The molecule has 0 aromatic heterocycles. The molecule has 0 aromatic carbocycles. The molecule has 1 fully saturated rings. The summed E-state index contributed by atoms with van der Waals surface area (Å²) in [5, 5.41) is 0. The molecule has 0 spiro atoms. The van der Waals surface area contributed by atoms with Crippen LogP contribution in [-0.2, 0) is 11.0 Å². The number of rotatable bonds is 2. The fraction of sp³-hybridized carbons (Fsp3) is 0.786. The van der Waals surface area contributed by atoms with Crippen LogP contribution in [0.25, 0.3) is 0 Å². The second-order valence-electron chi connectivity index (χ2n) is 6.17. The average Bonchev–Trinajstić information content (AvgIpc) is 2.19. The summed E-state index contributed by atoms with van der Waals surface area (Å²) >= 11 is 0. The fourth-order valence-electron chi connectivity index (χ4n) is 1.96. The Morgan fingerprint density at radius 2 is 2.00 bits per heavy atom. The molecule has 1 rings (SSSR count). The van der Waals surface area contributed by atoms with E-state index in [-0.39, 0.29) is 4.75 Å². The van der Waals surface area contributed by atoms with Crippen LogP contribution < -0.4 is 0 Å². The van der Waals surface area contributed by atoms with E-state index in [0.29, 0.717) is 11.8 Å². The molecule has 0 bridgehead atoms. The van der Waals surface area contributed by atoms with E-state index in [9.17, 15) is 4.21 Å². The van der Waals surface area contributed by atoms with Crippen molar-refractivity contribution in [2.75, 3.05) is 0 Å². The van der Waals surface area contributed by atoms with Crippen molar-refractivity contribution < 1.29 is 4.21 Å². The summed E-state index contributed by atoms with van der Waals surface area (Å²) < 4.78 is 16.3. The van der Waals surface area contributed by atoms with Gasteiger partial charge in [0.1, 0.15) is 11.0 Å². The summed E-state index contributed by atoms with van der Waals surface area (Å²) in [6, 6.07) is 0. The Morgan fingerprint density at radius 3 is 2.47 bits per heavy atom. The fourth-order valence-corrected chi connectivity index (χ4v) is 2.71. The SMILES string of the molecule is C=C(C)[C@H]1CC[C@H](C)/C(=N/S(=O)C(C)(C)C)C1. The van der Waals surface area contributed by atoms with Crippen LogP contribution in [0.4, 0.5) is 0 Å². The van der Waals surface area contributed by atoms with Crippen molar-refractivity contribution in [3.05, 3.63) is 12.2 Å². The Hall–Kier alpha value is -0.440. The van der Waals surface area contributed by atoms with Gasteiger partial charge in [-0.15, -0.1) is 0 Å². The molecule has 98 valence electrons. The van der Waals surface area contributed by atoms with Gasteiger partial charge in [0, 0.05) is 5.71 Å². The van der Waals surface area contributed by atoms with Gasteiger partial charge in [-0.3, -0.25) is 0 Å². The molecule has 0 N–H and O–H groups in total. The molecule has 3 heteroatoms. The maximum Gasteiger partial charge on any atom is 0.144 e. The standard InChI is InChI=1S/C14H25NOS/c1-10(2)12-8-7-11(3)13(9-12)15-17(16)14(4,5)6/h11-12H,1,7-9H2,2-6H3/b15-13+/t11-,12-,17?/m0/s1. The third kappa shape index (κ3) is 4.06. The second kappa shape index (κ2) is 5.47. The third-order valence-corrected chi connectivity index (χ3v) is 4.84. The van der Waals surface area contributed by atoms with Crippen molar-refractivity contribution in [1.82, 2.24) is 0 Å². The molecule has 0 aromatic rings. The van der Waals surface area contributed by atoms with Gasteiger partial charge in [-0.2, -0.15) is 4.40 Å². The van der Waals surface area contributed by atoms with Crippen LogP contribution >= 0.6 is 0 Å². The highest BCUT2D eigenvalue weighted by molar-refractivity contribution is 7.85. The van der Waals surface area contributed by atoms with Gasteiger partial charge in [-0.25, -0.2) is 4.21 Å². The summed E-state index contributed by atoms with van der Waals surface area (Å²) in [5.74, 6) is 0.999. The van der Waals surface area contributed by atoms with Gasteiger partial charge >= 0.3 is 0 Å². The Bertz CT molecular complexity index is 352. The maximum absolute atomic E-state index is 12.1. The van der Waals surface area contributed by atoms with E-state index in [2.05, 4.69) is 24.8 Å². The molecular formula is C14H25NOS. The maximum atomic E-state index is 12.1. The zero-order valence-corrected chi connectivity index (χ0v) is 12.6. The van der Waals surface area contributed by atoms with Crippen molar-refractivity contribution in [2.24, 2.45) is 16.2 Å². The normalized spacial score (nSPS) is 30.3. The van der Waals surface area contributed by atoms with Crippen molar-refractivity contribution in [3.8, 4) is 0 Å². The van der Waals surface area contributed by atoms with Gasteiger partial charge < -0.3 is 0 Å². The second-order valence-corrected chi connectivity index (χ2v) is 8.08. The molecule has 3 atom stereocenters. The molecule has 2 nitrogen and oxygen atoms in total. The molecule has 0 aliphatic heterocycles. The molecule has 17 heavy (non-hydrogen) atoms. The molecule has 0 radical (unpaired) electrons. The van der Waals surface area contributed by atoms with Crippen LogP contribution in [0.1, 0.15) is 53.9 Å². The first kappa shape index (κ1) is 14.6. The van der Waals surface area contributed by atoms with E-state index in [1.807, 2.05) is 20.8 Å². The Labute approximate surface area is 108 Å². The van der Waals surface area contributed by atoms with Gasteiger partial charge in [0.25, 0.3) is 0 Å². The topological polar surface area (TPSA) is 29.4 Å². The van der Waals surface area contributed by atoms with Crippen LogP contribution in [0.5, 0.6) is 0 Å². The summed E-state index contributed by atoms with van der Waals surface area (Å²) in [6.45, 7) is 14.2. The van der Waals surface area contributed by atoms with Crippen LogP contribution in [-0.4, -0.2) is 14.7 Å². The highest BCUT2D eigenvalue weighted by Gasteiger charge is 2.27. The Balaban J connectivity index is 2.84. The highest BCUT2D eigenvalue weighted by atomic mass is 32.2. The predicted molar refractivity (Wildman–Crippen MR) is 76.6 cm³/mol. The van der Waals surface area contributed by atoms with Gasteiger partial charge in [0.15, 0.2) is 0 Å².